The number of hydrogen-bond donors (Lipinski definition) is 3. The molecule has 0 unspecified atom stereocenters. The number of benzene rings is 4. The number of carbonyl (C=O) groups excluding carboxylic acids is 2. The van der Waals surface area contributed by atoms with Gasteiger partial charge in [0.1, 0.15) is 18.2 Å². The number of carbonyl (C=O) groups is 2. The lowest BCUT2D eigenvalue weighted by Crippen LogP contribution is -2.30. The average molecular weight is 491 g/mol. The van der Waals surface area contributed by atoms with Crippen molar-refractivity contribution in [2.24, 2.45) is 5.73 Å². The number of aromatic amines is 1. The van der Waals surface area contributed by atoms with E-state index in [1.54, 1.807) is 42.5 Å². The Labute approximate surface area is 214 Å². The molecule has 0 aliphatic heterocycles. The van der Waals surface area contributed by atoms with E-state index < -0.39 is 5.91 Å². The number of hydrogen-bond acceptors (Lipinski definition) is 4. The summed E-state index contributed by atoms with van der Waals surface area (Å²) in [4.78, 5) is 33.1. The second-order valence-electron chi connectivity index (χ2n) is 8.70. The highest BCUT2D eigenvalue weighted by Gasteiger charge is 2.20. The average Bonchev–Trinajstić information content (AvgIpc) is 3.37. The molecule has 0 aliphatic rings. The van der Waals surface area contributed by atoms with Crippen LogP contribution in [-0.2, 0) is 13.0 Å². The molecule has 0 spiro atoms. The van der Waals surface area contributed by atoms with Crippen molar-refractivity contribution in [3.8, 4) is 5.75 Å². The van der Waals surface area contributed by atoms with Crippen LogP contribution in [0.25, 0.3) is 11.0 Å². The summed E-state index contributed by atoms with van der Waals surface area (Å²) < 4.78 is 5.83. The lowest BCUT2D eigenvalue weighted by atomic mass is 10.0. The molecular formula is C30H26N4O3. The number of fused-ring (bicyclic) bond motifs is 1. The van der Waals surface area contributed by atoms with Gasteiger partial charge >= 0.3 is 0 Å². The Hall–Kier alpha value is -4.91. The maximum atomic E-state index is 13.3. The standard InChI is InChI=1S/C30H26N4O3/c31-28(35)23-13-4-7-16-27(23)37-19-21-11-8-12-22(17-21)30(36)34-26(18-20-9-2-1-3-10-20)29-32-24-14-5-6-15-25(24)33-29/h1-17,26H,18-19H2,(H2,31,35)(H,32,33)(H,34,36)/t26-/m0/s1. The number of nitrogens with two attached hydrogens (primary N) is 1. The number of amides is 2. The Morgan fingerprint density at radius 1 is 0.865 bits per heavy atom. The second kappa shape index (κ2) is 10.8. The van der Waals surface area contributed by atoms with E-state index >= 15 is 0 Å². The van der Waals surface area contributed by atoms with Crippen molar-refractivity contribution < 1.29 is 14.3 Å². The van der Waals surface area contributed by atoms with E-state index in [1.165, 1.54) is 0 Å². The Balaban J connectivity index is 1.35. The number of nitrogens with zero attached hydrogens (tertiary/aromatic N) is 1. The Morgan fingerprint density at radius 3 is 2.41 bits per heavy atom. The maximum absolute atomic E-state index is 13.3. The van der Waals surface area contributed by atoms with Crippen LogP contribution < -0.4 is 15.8 Å². The van der Waals surface area contributed by atoms with Gasteiger partial charge in [-0.1, -0.05) is 66.7 Å². The minimum atomic E-state index is -0.557. The Kier molecular flexibility index (Phi) is 6.94. The summed E-state index contributed by atoms with van der Waals surface area (Å²) in [5, 5.41) is 3.15. The van der Waals surface area contributed by atoms with E-state index in [0.717, 1.165) is 22.2 Å². The van der Waals surface area contributed by atoms with E-state index in [2.05, 4.69) is 10.3 Å². The van der Waals surface area contributed by atoms with Crippen molar-refractivity contribution in [2.45, 2.75) is 19.1 Å². The first-order valence-corrected chi connectivity index (χ1v) is 12.0. The molecule has 0 radical (unpaired) electrons. The van der Waals surface area contributed by atoms with Crippen molar-refractivity contribution in [2.75, 3.05) is 0 Å². The van der Waals surface area contributed by atoms with Gasteiger partial charge in [-0.15, -0.1) is 0 Å². The van der Waals surface area contributed by atoms with Gasteiger partial charge in [0.25, 0.3) is 11.8 Å². The fourth-order valence-corrected chi connectivity index (χ4v) is 4.20. The molecule has 7 heteroatoms. The monoisotopic (exact) mass is 490 g/mol. The van der Waals surface area contributed by atoms with Crippen LogP contribution in [0.15, 0.2) is 103 Å². The van der Waals surface area contributed by atoms with Crippen molar-refractivity contribution in [1.82, 2.24) is 15.3 Å². The van der Waals surface area contributed by atoms with Crippen LogP contribution in [0.5, 0.6) is 5.75 Å². The highest BCUT2D eigenvalue weighted by molar-refractivity contribution is 5.95. The fraction of sp³-hybridized carbons (Fsp3) is 0.100. The summed E-state index contributed by atoms with van der Waals surface area (Å²) in [6, 6.07) is 31.4. The fourth-order valence-electron chi connectivity index (χ4n) is 4.20. The van der Waals surface area contributed by atoms with Crippen molar-refractivity contribution >= 4 is 22.8 Å². The normalized spacial score (nSPS) is 11.7. The van der Waals surface area contributed by atoms with Crippen LogP contribution >= 0.6 is 0 Å². The molecule has 2 amide bonds. The summed E-state index contributed by atoms with van der Waals surface area (Å²) in [5.41, 5.74) is 9.89. The number of aromatic nitrogens is 2. The van der Waals surface area contributed by atoms with Crippen LogP contribution in [0.3, 0.4) is 0 Å². The summed E-state index contributed by atoms with van der Waals surface area (Å²) >= 11 is 0. The molecule has 0 fully saturated rings. The molecule has 184 valence electrons. The van der Waals surface area contributed by atoms with Gasteiger partial charge in [-0.05, 0) is 53.9 Å². The zero-order valence-electron chi connectivity index (χ0n) is 20.1. The smallest absolute Gasteiger partial charge is 0.252 e. The molecule has 37 heavy (non-hydrogen) atoms. The van der Waals surface area contributed by atoms with Gasteiger partial charge in [-0.25, -0.2) is 4.98 Å². The molecule has 5 rings (SSSR count). The third-order valence-corrected chi connectivity index (χ3v) is 6.06. The zero-order chi connectivity index (χ0) is 25.6. The van der Waals surface area contributed by atoms with Gasteiger partial charge in [0, 0.05) is 5.56 Å². The topological polar surface area (TPSA) is 110 Å². The van der Waals surface area contributed by atoms with Crippen molar-refractivity contribution in [3.05, 3.63) is 131 Å². The first kappa shape index (κ1) is 23.8. The molecule has 1 atom stereocenters. The quantitative estimate of drug-likeness (QED) is 0.271. The molecule has 1 aromatic heterocycles. The summed E-state index contributed by atoms with van der Waals surface area (Å²) in [6.45, 7) is 0.183. The van der Waals surface area contributed by atoms with Gasteiger partial charge in [0.05, 0.1) is 22.6 Å². The van der Waals surface area contributed by atoms with E-state index in [9.17, 15) is 9.59 Å². The predicted molar refractivity (Wildman–Crippen MR) is 142 cm³/mol. The van der Waals surface area contributed by atoms with Gasteiger partial charge in [0.2, 0.25) is 0 Å². The molecule has 1 heterocycles. The van der Waals surface area contributed by atoms with E-state index in [0.29, 0.717) is 29.1 Å². The van der Waals surface area contributed by atoms with Crippen molar-refractivity contribution in [1.29, 1.82) is 0 Å². The molecule has 5 aromatic rings. The first-order valence-electron chi connectivity index (χ1n) is 12.0. The molecule has 0 saturated carbocycles. The third kappa shape index (κ3) is 5.67. The molecule has 0 bridgehead atoms. The molecule has 0 aliphatic carbocycles. The largest absolute Gasteiger partial charge is 0.488 e. The lowest BCUT2D eigenvalue weighted by molar-refractivity contribution is 0.0933. The highest BCUT2D eigenvalue weighted by atomic mass is 16.5. The molecule has 7 nitrogen and oxygen atoms in total. The van der Waals surface area contributed by atoms with Gasteiger partial charge in [-0.2, -0.15) is 0 Å². The number of imidazole rings is 1. The number of H-pyrrole nitrogens is 1. The molecular weight excluding hydrogens is 464 g/mol. The molecule has 4 aromatic carbocycles. The number of ether oxygens (including phenoxy) is 1. The lowest BCUT2D eigenvalue weighted by Gasteiger charge is -2.17. The van der Waals surface area contributed by atoms with Gasteiger partial charge in [-0.3, -0.25) is 9.59 Å². The Morgan fingerprint density at radius 2 is 1.59 bits per heavy atom. The number of primary amides is 1. The van der Waals surface area contributed by atoms with E-state index in [-0.39, 0.29) is 18.6 Å². The summed E-state index contributed by atoms with van der Waals surface area (Å²) in [6.07, 6.45) is 0.582. The van der Waals surface area contributed by atoms with E-state index in [1.807, 2.05) is 60.7 Å². The van der Waals surface area contributed by atoms with E-state index in [4.69, 9.17) is 15.5 Å². The van der Waals surface area contributed by atoms with Gasteiger partial charge in [0.15, 0.2) is 0 Å². The van der Waals surface area contributed by atoms with Crippen molar-refractivity contribution in [3.63, 3.8) is 0 Å². The minimum absolute atomic E-state index is 0.183. The Bertz CT molecular complexity index is 1510. The highest BCUT2D eigenvalue weighted by Crippen LogP contribution is 2.22. The van der Waals surface area contributed by atoms with Crippen LogP contribution in [0.1, 0.15) is 43.7 Å². The van der Waals surface area contributed by atoms with Crippen LogP contribution in [0, 0.1) is 0 Å². The summed E-state index contributed by atoms with van der Waals surface area (Å²) in [5.74, 6) is 0.318. The summed E-state index contributed by atoms with van der Waals surface area (Å²) in [7, 11) is 0. The molecule has 4 N–H and O–H groups in total. The minimum Gasteiger partial charge on any atom is -0.488 e. The second-order valence-corrected chi connectivity index (χ2v) is 8.70. The SMILES string of the molecule is NC(=O)c1ccccc1OCc1cccc(C(=O)N[C@@H](Cc2ccccc2)c2nc3ccccc3[nH]2)c1. The first-order chi connectivity index (χ1) is 18.1. The molecule has 0 saturated heterocycles. The maximum Gasteiger partial charge on any atom is 0.252 e. The number of para-hydroxylation sites is 3. The van der Waals surface area contributed by atoms with Crippen LogP contribution in [0.2, 0.25) is 0 Å². The van der Waals surface area contributed by atoms with Crippen LogP contribution in [-0.4, -0.2) is 21.8 Å². The third-order valence-electron chi connectivity index (χ3n) is 6.06. The predicted octanol–water partition coefficient (Wildman–Crippen LogP) is 4.95. The van der Waals surface area contributed by atoms with Crippen LogP contribution in [0.4, 0.5) is 0 Å². The number of nitrogens with one attached hydrogen (secondary N) is 2. The number of rotatable bonds is 9. The van der Waals surface area contributed by atoms with Gasteiger partial charge < -0.3 is 20.8 Å². The zero-order valence-corrected chi connectivity index (χ0v) is 20.1.